The quantitative estimate of drug-likeness (QED) is 0.0618. The molecule has 0 saturated heterocycles. The molecule has 0 heterocycles. The van der Waals surface area contributed by atoms with Gasteiger partial charge in [0.05, 0.1) is 0 Å². The highest BCUT2D eigenvalue weighted by molar-refractivity contribution is 5.77. The maximum Gasteiger partial charge on any atom is 0.345 e. The van der Waals surface area contributed by atoms with E-state index >= 15 is 0 Å². The highest BCUT2D eigenvalue weighted by atomic mass is 16.6. The molecule has 0 aliphatic rings. The molecule has 4 nitrogen and oxygen atoms in total. The Morgan fingerprint density at radius 1 is 0.605 bits per heavy atom. The first-order chi connectivity index (χ1) is 18.6. The number of allylic oxidation sites excluding steroid dienone is 6. The van der Waals surface area contributed by atoms with Crippen LogP contribution in [0.15, 0.2) is 36.5 Å². The molecule has 0 aromatic heterocycles. The van der Waals surface area contributed by atoms with Gasteiger partial charge >= 0.3 is 11.9 Å². The van der Waals surface area contributed by atoms with Gasteiger partial charge in [0.25, 0.3) is 0 Å². The van der Waals surface area contributed by atoms with Crippen LogP contribution < -0.4 is 0 Å². The van der Waals surface area contributed by atoms with Crippen LogP contribution in [-0.4, -0.2) is 23.1 Å². The highest BCUT2D eigenvalue weighted by Gasteiger charge is 2.21. The fourth-order valence-electron chi connectivity index (χ4n) is 4.51. The Labute approximate surface area is 235 Å². The van der Waals surface area contributed by atoms with Crippen molar-refractivity contribution in [2.45, 2.75) is 168 Å². The van der Waals surface area contributed by atoms with Crippen LogP contribution in [0.25, 0.3) is 0 Å². The minimum absolute atomic E-state index is 0.321. The Hall–Kier alpha value is -1.84. The van der Waals surface area contributed by atoms with Gasteiger partial charge in [-0.25, -0.2) is 4.79 Å². The number of ether oxygens (including phenoxy) is 1. The van der Waals surface area contributed by atoms with Crippen LogP contribution in [0.3, 0.4) is 0 Å². The summed E-state index contributed by atoms with van der Waals surface area (Å²) in [5.74, 6) is -1.38. The molecule has 0 aliphatic carbocycles. The molecular formula is C34H60O4. The second kappa shape index (κ2) is 29.7. The maximum atomic E-state index is 12.1. The van der Waals surface area contributed by atoms with Gasteiger partial charge in [0.1, 0.15) is 0 Å². The summed E-state index contributed by atoms with van der Waals surface area (Å²) >= 11 is 0. The van der Waals surface area contributed by atoms with E-state index in [4.69, 9.17) is 4.74 Å². The zero-order chi connectivity index (χ0) is 27.9. The van der Waals surface area contributed by atoms with E-state index in [-0.39, 0.29) is 5.97 Å². The number of carboxylic acids is 1. The van der Waals surface area contributed by atoms with Crippen LogP contribution in [0.2, 0.25) is 0 Å². The van der Waals surface area contributed by atoms with Crippen molar-refractivity contribution < 1.29 is 19.4 Å². The fraction of sp³-hybridized carbons (Fsp3) is 0.765. The number of aliphatic carboxylic acids is 1. The number of hydrogen-bond acceptors (Lipinski definition) is 3. The minimum atomic E-state index is -1.02. The van der Waals surface area contributed by atoms with Crippen LogP contribution in [0.5, 0.6) is 0 Å². The van der Waals surface area contributed by atoms with Crippen molar-refractivity contribution in [3.63, 3.8) is 0 Å². The lowest BCUT2D eigenvalue weighted by Crippen LogP contribution is -2.27. The molecule has 0 amide bonds. The van der Waals surface area contributed by atoms with E-state index in [0.717, 1.165) is 70.6 Å². The molecular weight excluding hydrogens is 472 g/mol. The smallest absolute Gasteiger partial charge is 0.345 e. The summed E-state index contributed by atoms with van der Waals surface area (Å²) in [5.41, 5.74) is 0. The first kappa shape index (κ1) is 36.2. The minimum Gasteiger partial charge on any atom is -0.479 e. The van der Waals surface area contributed by atoms with Crippen molar-refractivity contribution >= 4 is 11.9 Å². The largest absolute Gasteiger partial charge is 0.479 e. The Morgan fingerprint density at radius 2 is 1.08 bits per heavy atom. The number of unbranched alkanes of at least 4 members (excludes halogenated alkanes) is 16. The Morgan fingerprint density at radius 3 is 1.63 bits per heavy atom. The van der Waals surface area contributed by atoms with Crippen molar-refractivity contribution in [3.05, 3.63) is 36.5 Å². The van der Waals surface area contributed by atoms with E-state index in [0.29, 0.717) is 12.8 Å². The molecule has 0 fully saturated rings. The summed E-state index contributed by atoms with van der Waals surface area (Å²) < 4.78 is 5.27. The predicted octanol–water partition coefficient (Wildman–Crippen LogP) is 10.7. The van der Waals surface area contributed by atoms with Crippen molar-refractivity contribution in [1.29, 1.82) is 0 Å². The Kier molecular flexibility index (Phi) is 28.3. The van der Waals surface area contributed by atoms with Crippen molar-refractivity contribution in [3.8, 4) is 0 Å². The van der Waals surface area contributed by atoms with E-state index in [1.165, 1.54) is 64.2 Å². The number of esters is 1. The molecule has 0 aromatic rings. The van der Waals surface area contributed by atoms with Gasteiger partial charge in [0.2, 0.25) is 0 Å². The van der Waals surface area contributed by atoms with Crippen LogP contribution in [0.4, 0.5) is 0 Å². The zero-order valence-corrected chi connectivity index (χ0v) is 25.0. The Bertz CT molecular complexity index is 620. The van der Waals surface area contributed by atoms with Crippen molar-refractivity contribution in [2.24, 2.45) is 0 Å². The molecule has 0 rings (SSSR count). The Balaban J connectivity index is 3.64. The summed E-state index contributed by atoms with van der Waals surface area (Å²) in [6, 6.07) is 0. The van der Waals surface area contributed by atoms with E-state index in [1.54, 1.807) is 0 Å². The SMILES string of the molecule is CC/C=C\C/C=C\C/C=C\CCCCCCCC(=O)OC(CCCCCCCCCCCCCC)C(=O)O. The van der Waals surface area contributed by atoms with Crippen LogP contribution in [0, 0.1) is 0 Å². The number of carboxylic acid groups (broad SMARTS) is 1. The summed E-state index contributed by atoms with van der Waals surface area (Å²) in [6.45, 7) is 4.40. The third kappa shape index (κ3) is 27.2. The van der Waals surface area contributed by atoms with Gasteiger partial charge in [0, 0.05) is 6.42 Å². The van der Waals surface area contributed by atoms with E-state index < -0.39 is 12.1 Å². The molecule has 0 bridgehead atoms. The van der Waals surface area contributed by atoms with Gasteiger partial charge in [-0.3, -0.25) is 4.79 Å². The van der Waals surface area contributed by atoms with E-state index in [1.807, 2.05) is 0 Å². The van der Waals surface area contributed by atoms with Crippen molar-refractivity contribution in [1.82, 2.24) is 0 Å². The molecule has 220 valence electrons. The predicted molar refractivity (Wildman–Crippen MR) is 162 cm³/mol. The number of carbonyl (C=O) groups is 2. The first-order valence-corrected chi connectivity index (χ1v) is 16.0. The van der Waals surface area contributed by atoms with Crippen molar-refractivity contribution in [2.75, 3.05) is 0 Å². The summed E-state index contributed by atoms with van der Waals surface area (Å²) in [5, 5.41) is 9.41. The lowest BCUT2D eigenvalue weighted by molar-refractivity contribution is -0.164. The number of carbonyl (C=O) groups excluding carboxylic acids is 1. The zero-order valence-electron chi connectivity index (χ0n) is 25.0. The monoisotopic (exact) mass is 532 g/mol. The number of hydrogen-bond donors (Lipinski definition) is 1. The van der Waals surface area contributed by atoms with Crippen LogP contribution >= 0.6 is 0 Å². The maximum absolute atomic E-state index is 12.1. The summed E-state index contributed by atoms with van der Waals surface area (Å²) in [4.78, 5) is 23.6. The normalized spacial score (nSPS) is 12.7. The van der Waals surface area contributed by atoms with E-state index in [2.05, 4.69) is 50.3 Å². The molecule has 0 saturated carbocycles. The second-order valence-electron chi connectivity index (χ2n) is 10.6. The molecule has 0 aromatic carbocycles. The number of rotatable bonds is 28. The topological polar surface area (TPSA) is 63.6 Å². The molecule has 0 spiro atoms. The summed E-state index contributed by atoms with van der Waals surface area (Å²) in [7, 11) is 0. The van der Waals surface area contributed by atoms with Gasteiger partial charge in [0.15, 0.2) is 6.10 Å². The average molecular weight is 533 g/mol. The van der Waals surface area contributed by atoms with Crippen LogP contribution in [-0.2, 0) is 14.3 Å². The van der Waals surface area contributed by atoms with Gasteiger partial charge in [-0.2, -0.15) is 0 Å². The fourth-order valence-corrected chi connectivity index (χ4v) is 4.51. The highest BCUT2D eigenvalue weighted by Crippen LogP contribution is 2.15. The molecule has 38 heavy (non-hydrogen) atoms. The lowest BCUT2D eigenvalue weighted by atomic mass is 10.0. The lowest BCUT2D eigenvalue weighted by Gasteiger charge is -2.13. The van der Waals surface area contributed by atoms with Gasteiger partial charge in [-0.1, -0.05) is 140 Å². The first-order valence-electron chi connectivity index (χ1n) is 16.0. The standard InChI is InChI=1S/C34H60O4/c1-3-5-7-9-11-13-15-17-18-19-21-23-25-27-29-31-33(35)38-32(34(36)37)30-28-26-24-22-20-16-14-12-10-8-6-4-2/h5,7,11,13,17-18,32H,3-4,6,8-10,12,14-16,19-31H2,1-2H3,(H,36,37)/b7-5-,13-11-,18-17-. The second-order valence-corrected chi connectivity index (χ2v) is 10.6. The third-order valence-corrected chi connectivity index (χ3v) is 6.90. The van der Waals surface area contributed by atoms with Gasteiger partial charge in [-0.15, -0.1) is 0 Å². The molecule has 0 aliphatic heterocycles. The molecule has 0 radical (unpaired) electrons. The molecule has 4 heteroatoms. The molecule has 1 atom stereocenters. The van der Waals surface area contributed by atoms with Gasteiger partial charge in [-0.05, 0) is 51.4 Å². The summed E-state index contributed by atoms with van der Waals surface area (Å²) in [6.07, 6.45) is 37.4. The third-order valence-electron chi connectivity index (χ3n) is 6.90. The average Bonchev–Trinajstić information content (AvgIpc) is 2.90. The molecule has 1 N–H and O–H groups in total. The van der Waals surface area contributed by atoms with E-state index in [9.17, 15) is 14.7 Å². The van der Waals surface area contributed by atoms with Crippen LogP contribution in [0.1, 0.15) is 162 Å². The van der Waals surface area contributed by atoms with Gasteiger partial charge < -0.3 is 9.84 Å². The molecule has 1 unspecified atom stereocenters.